The molecule has 170 valence electrons. The van der Waals surface area contributed by atoms with E-state index in [-0.39, 0.29) is 10.8 Å². The van der Waals surface area contributed by atoms with Crippen molar-refractivity contribution in [3.05, 3.63) is 77.1 Å². The Morgan fingerprint density at radius 2 is 1.62 bits per heavy atom. The molecular formula is C24H30N4O3S. The van der Waals surface area contributed by atoms with Crippen LogP contribution in [-0.2, 0) is 16.4 Å². The number of sulfonamides is 1. The third kappa shape index (κ3) is 5.26. The minimum Gasteiger partial charge on any atom is -0.352 e. The fraction of sp³-hybridized carbons (Fsp3) is 0.333. The van der Waals surface area contributed by atoms with Crippen molar-refractivity contribution in [2.45, 2.75) is 39.0 Å². The van der Waals surface area contributed by atoms with Crippen LogP contribution in [0.4, 0.5) is 0 Å². The molecule has 0 saturated carbocycles. The molecule has 0 aliphatic heterocycles. The minimum atomic E-state index is -3.53. The van der Waals surface area contributed by atoms with Crippen molar-refractivity contribution in [3.63, 3.8) is 0 Å². The zero-order valence-electron chi connectivity index (χ0n) is 19.0. The van der Waals surface area contributed by atoms with Gasteiger partial charge >= 0.3 is 0 Å². The number of nitrogens with zero attached hydrogens (tertiary/aromatic N) is 3. The normalized spacial score (nSPS) is 11.7. The first-order valence-corrected chi connectivity index (χ1v) is 12.2. The molecule has 0 spiro atoms. The maximum atomic E-state index is 12.6. The van der Waals surface area contributed by atoms with Gasteiger partial charge in [-0.05, 0) is 68.3 Å². The zero-order chi connectivity index (χ0) is 23.3. The highest BCUT2D eigenvalue weighted by molar-refractivity contribution is 7.89. The van der Waals surface area contributed by atoms with Crippen molar-refractivity contribution in [2.75, 3.05) is 19.6 Å². The predicted octanol–water partition coefficient (Wildman–Crippen LogP) is 3.49. The smallest absolute Gasteiger partial charge is 0.251 e. The van der Waals surface area contributed by atoms with Gasteiger partial charge in [0.2, 0.25) is 10.0 Å². The van der Waals surface area contributed by atoms with Crippen molar-refractivity contribution in [3.8, 4) is 5.69 Å². The van der Waals surface area contributed by atoms with E-state index in [4.69, 9.17) is 0 Å². The Morgan fingerprint density at radius 3 is 2.16 bits per heavy atom. The summed E-state index contributed by atoms with van der Waals surface area (Å²) in [6, 6.07) is 16.2. The fourth-order valence-corrected chi connectivity index (χ4v) is 5.07. The lowest BCUT2D eigenvalue weighted by Gasteiger charge is -2.18. The molecule has 32 heavy (non-hydrogen) atoms. The van der Waals surface area contributed by atoms with Gasteiger partial charge in [-0.15, -0.1) is 0 Å². The average molecular weight is 455 g/mol. The summed E-state index contributed by atoms with van der Waals surface area (Å²) in [6.07, 6.45) is 0.692. The molecule has 0 fully saturated rings. The number of carbonyl (C=O) groups is 1. The Balaban J connectivity index is 1.56. The molecule has 0 bridgehead atoms. The number of nitrogens with one attached hydrogen (secondary N) is 1. The maximum absolute atomic E-state index is 12.6. The number of benzene rings is 2. The van der Waals surface area contributed by atoms with Gasteiger partial charge in [0.15, 0.2) is 0 Å². The molecule has 0 radical (unpaired) electrons. The molecule has 1 aromatic heterocycles. The van der Waals surface area contributed by atoms with E-state index < -0.39 is 10.0 Å². The second-order valence-electron chi connectivity index (χ2n) is 7.62. The second-order valence-corrected chi connectivity index (χ2v) is 9.56. The van der Waals surface area contributed by atoms with Gasteiger partial charge in [-0.3, -0.25) is 4.79 Å². The van der Waals surface area contributed by atoms with Gasteiger partial charge in [-0.1, -0.05) is 26.0 Å². The summed E-state index contributed by atoms with van der Waals surface area (Å²) in [5.74, 6) is -0.226. The van der Waals surface area contributed by atoms with Crippen molar-refractivity contribution in [1.82, 2.24) is 19.4 Å². The first-order valence-electron chi connectivity index (χ1n) is 10.8. The summed E-state index contributed by atoms with van der Waals surface area (Å²) >= 11 is 0. The second kappa shape index (κ2) is 10.1. The molecule has 0 atom stereocenters. The Labute approximate surface area is 190 Å². The number of aromatic nitrogens is 2. The number of hydrogen-bond donors (Lipinski definition) is 1. The van der Waals surface area contributed by atoms with Gasteiger partial charge in [0, 0.05) is 30.9 Å². The van der Waals surface area contributed by atoms with Gasteiger partial charge in [-0.25, -0.2) is 13.1 Å². The van der Waals surface area contributed by atoms with Crippen LogP contribution in [0.15, 0.2) is 59.5 Å². The molecule has 0 unspecified atom stereocenters. The van der Waals surface area contributed by atoms with E-state index in [1.165, 1.54) is 16.4 Å². The summed E-state index contributed by atoms with van der Waals surface area (Å²) in [4.78, 5) is 12.6. The maximum Gasteiger partial charge on any atom is 0.251 e. The summed E-state index contributed by atoms with van der Waals surface area (Å²) in [5.41, 5.74) is 4.61. The van der Waals surface area contributed by atoms with Crippen molar-refractivity contribution in [1.29, 1.82) is 0 Å². The lowest BCUT2D eigenvalue weighted by molar-refractivity contribution is 0.0954. The monoisotopic (exact) mass is 454 g/mol. The number of aryl methyl sites for hydroxylation is 2. The van der Waals surface area contributed by atoms with Crippen LogP contribution in [0.1, 0.15) is 41.2 Å². The minimum absolute atomic E-state index is 0.195. The highest BCUT2D eigenvalue weighted by atomic mass is 32.2. The van der Waals surface area contributed by atoms with Crippen LogP contribution in [-0.4, -0.2) is 48.0 Å². The van der Waals surface area contributed by atoms with Crippen molar-refractivity contribution < 1.29 is 13.2 Å². The standard InChI is InChI=1S/C24H30N4O3S/c1-5-27(6-2)32(30,31)23-13-9-21(10-14-23)24(29)25-16-15-20-7-11-22(12-8-20)28-19(4)17-18(3)26-28/h7-14,17H,5-6,15-16H2,1-4H3,(H,25,29). The van der Waals surface area contributed by atoms with E-state index in [1.54, 1.807) is 26.0 Å². The molecule has 2 aromatic carbocycles. The van der Waals surface area contributed by atoms with Gasteiger partial charge in [-0.2, -0.15) is 9.40 Å². The number of amides is 1. The first kappa shape index (κ1) is 23.7. The van der Waals surface area contributed by atoms with Gasteiger partial charge in [0.25, 0.3) is 5.91 Å². The molecule has 1 amide bonds. The van der Waals surface area contributed by atoms with Crippen LogP contribution >= 0.6 is 0 Å². The molecule has 1 heterocycles. The lowest BCUT2D eigenvalue weighted by atomic mass is 10.1. The van der Waals surface area contributed by atoms with E-state index >= 15 is 0 Å². The third-order valence-corrected chi connectivity index (χ3v) is 7.41. The molecule has 3 rings (SSSR count). The first-order chi connectivity index (χ1) is 15.3. The van der Waals surface area contributed by atoms with E-state index in [0.717, 1.165) is 22.6 Å². The van der Waals surface area contributed by atoms with E-state index in [9.17, 15) is 13.2 Å². The van der Waals surface area contributed by atoms with Crippen molar-refractivity contribution in [2.24, 2.45) is 0 Å². The Morgan fingerprint density at radius 1 is 1.00 bits per heavy atom. The average Bonchev–Trinajstić information content (AvgIpc) is 3.12. The molecule has 0 aliphatic carbocycles. The van der Waals surface area contributed by atoms with Gasteiger partial charge in [0.1, 0.15) is 0 Å². The lowest BCUT2D eigenvalue weighted by Crippen LogP contribution is -2.30. The van der Waals surface area contributed by atoms with Crippen LogP contribution in [0.5, 0.6) is 0 Å². The van der Waals surface area contributed by atoms with E-state index in [0.29, 0.717) is 31.6 Å². The molecule has 3 aromatic rings. The predicted molar refractivity (Wildman–Crippen MR) is 126 cm³/mol. The van der Waals surface area contributed by atoms with Gasteiger partial charge in [0.05, 0.1) is 16.3 Å². The highest BCUT2D eigenvalue weighted by Crippen LogP contribution is 2.16. The Bertz CT molecular complexity index is 1160. The fourth-order valence-electron chi connectivity index (χ4n) is 3.61. The van der Waals surface area contributed by atoms with Crippen LogP contribution < -0.4 is 5.32 Å². The SMILES string of the molecule is CCN(CC)S(=O)(=O)c1ccc(C(=O)NCCc2ccc(-n3nc(C)cc3C)cc2)cc1. The molecule has 1 N–H and O–H groups in total. The van der Waals surface area contributed by atoms with Crippen LogP contribution in [0.2, 0.25) is 0 Å². The summed E-state index contributed by atoms with van der Waals surface area (Å²) in [6.45, 7) is 8.89. The number of hydrogen-bond acceptors (Lipinski definition) is 4. The molecule has 8 heteroatoms. The summed E-state index contributed by atoms with van der Waals surface area (Å²) < 4.78 is 28.4. The van der Waals surface area contributed by atoms with Crippen LogP contribution in [0, 0.1) is 13.8 Å². The van der Waals surface area contributed by atoms with E-state index in [1.807, 2.05) is 48.9 Å². The largest absolute Gasteiger partial charge is 0.352 e. The van der Waals surface area contributed by atoms with Crippen molar-refractivity contribution >= 4 is 15.9 Å². The zero-order valence-corrected chi connectivity index (χ0v) is 19.8. The molecule has 0 saturated heterocycles. The number of carbonyl (C=O) groups excluding carboxylic acids is 1. The van der Waals surface area contributed by atoms with E-state index in [2.05, 4.69) is 10.4 Å². The van der Waals surface area contributed by atoms with Crippen LogP contribution in [0.25, 0.3) is 5.69 Å². The van der Waals surface area contributed by atoms with Gasteiger partial charge < -0.3 is 5.32 Å². The summed E-state index contributed by atoms with van der Waals surface area (Å²) in [5, 5.41) is 7.38. The Hall–Kier alpha value is -2.97. The number of rotatable bonds is 9. The Kier molecular flexibility index (Phi) is 7.48. The highest BCUT2D eigenvalue weighted by Gasteiger charge is 2.21. The molecular weight excluding hydrogens is 424 g/mol. The molecule has 7 nitrogen and oxygen atoms in total. The topological polar surface area (TPSA) is 84.3 Å². The quantitative estimate of drug-likeness (QED) is 0.536. The third-order valence-electron chi connectivity index (χ3n) is 5.35. The van der Waals surface area contributed by atoms with Crippen LogP contribution in [0.3, 0.4) is 0 Å². The molecule has 0 aliphatic rings. The summed E-state index contributed by atoms with van der Waals surface area (Å²) in [7, 11) is -3.53.